The van der Waals surface area contributed by atoms with Crippen LogP contribution < -0.4 is 5.73 Å². The SMILES string of the molecule is CC(=O)C[C@@H]1[C@@H](/C=C/c2ccc(Br)cn2)[C@@H]2CCCC[C@H]2C[C@@H]1N. The maximum atomic E-state index is 11.8. The number of aromatic nitrogens is 1. The molecule has 1 aromatic heterocycles. The largest absolute Gasteiger partial charge is 0.327 e. The molecule has 130 valence electrons. The van der Waals surface area contributed by atoms with Crippen molar-refractivity contribution in [3.05, 3.63) is 34.6 Å². The summed E-state index contributed by atoms with van der Waals surface area (Å²) >= 11 is 3.42. The first-order valence-electron chi connectivity index (χ1n) is 9.09. The van der Waals surface area contributed by atoms with E-state index in [4.69, 9.17) is 5.73 Å². The molecule has 2 aliphatic rings. The van der Waals surface area contributed by atoms with Crippen LogP contribution in [-0.4, -0.2) is 16.8 Å². The molecule has 1 heterocycles. The van der Waals surface area contributed by atoms with Crippen LogP contribution in [0.25, 0.3) is 6.08 Å². The summed E-state index contributed by atoms with van der Waals surface area (Å²) in [6.07, 6.45) is 13.1. The zero-order valence-corrected chi connectivity index (χ0v) is 15.9. The van der Waals surface area contributed by atoms with Gasteiger partial charge in [0.15, 0.2) is 0 Å². The van der Waals surface area contributed by atoms with E-state index in [0.717, 1.165) is 22.5 Å². The van der Waals surface area contributed by atoms with Gasteiger partial charge in [0.1, 0.15) is 5.78 Å². The smallest absolute Gasteiger partial charge is 0.130 e. The first kappa shape index (κ1) is 17.8. The number of nitrogens with zero attached hydrogens (tertiary/aromatic N) is 1. The summed E-state index contributed by atoms with van der Waals surface area (Å²) in [7, 11) is 0. The lowest BCUT2D eigenvalue weighted by Gasteiger charge is -2.47. The number of nitrogens with two attached hydrogens (primary N) is 1. The Balaban J connectivity index is 1.84. The molecule has 0 aromatic carbocycles. The van der Waals surface area contributed by atoms with E-state index < -0.39 is 0 Å². The van der Waals surface area contributed by atoms with Gasteiger partial charge in [-0.3, -0.25) is 4.98 Å². The number of hydrogen-bond donors (Lipinski definition) is 1. The number of halogens is 1. The number of pyridine rings is 1. The second kappa shape index (κ2) is 7.92. The minimum atomic E-state index is 0.140. The summed E-state index contributed by atoms with van der Waals surface area (Å²) in [5.74, 6) is 2.32. The topological polar surface area (TPSA) is 56.0 Å². The fraction of sp³-hybridized carbons (Fsp3) is 0.600. The fourth-order valence-electron chi connectivity index (χ4n) is 4.76. The molecule has 2 N–H and O–H groups in total. The van der Waals surface area contributed by atoms with Gasteiger partial charge in [-0.15, -0.1) is 0 Å². The number of carbonyl (C=O) groups is 1. The number of rotatable bonds is 4. The number of allylic oxidation sites excluding steroid dienone is 1. The molecule has 5 atom stereocenters. The van der Waals surface area contributed by atoms with Crippen molar-refractivity contribution in [2.24, 2.45) is 29.4 Å². The van der Waals surface area contributed by atoms with E-state index >= 15 is 0 Å². The van der Waals surface area contributed by atoms with Crippen molar-refractivity contribution < 1.29 is 4.79 Å². The highest BCUT2D eigenvalue weighted by Crippen LogP contribution is 2.47. The number of ketones is 1. The van der Waals surface area contributed by atoms with Crippen molar-refractivity contribution in [2.75, 3.05) is 0 Å². The lowest BCUT2D eigenvalue weighted by atomic mass is 9.59. The standard InChI is InChI=1S/C20H27BrN2O/c1-13(24)10-19-18(9-8-16-7-6-15(21)12-23-16)17-5-3-2-4-14(17)11-20(19)22/h6-9,12,14,17-20H,2-5,10-11,22H2,1H3/b9-8+/t14-,17+,18-,19+,20-/m0/s1. The van der Waals surface area contributed by atoms with Crippen LogP contribution in [-0.2, 0) is 4.79 Å². The second-order valence-electron chi connectivity index (χ2n) is 7.52. The molecule has 3 nitrogen and oxygen atoms in total. The van der Waals surface area contributed by atoms with Crippen LogP contribution in [0.4, 0.5) is 0 Å². The third-order valence-corrected chi connectivity index (χ3v) is 6.31. The quantitative estimate of drug-likeness (QED) is 0.816. The second-order valence-corrected chi connectivity index (χ2v) is 8.43. The molecule has 2 aliphatic carbocycles. The fourth-order valence-corrected chi connectivity index (χ4v) is 5.00. The third-order valence-electron chi connectivity index (χ3n) is 5.84. The van der Waals surface area contributed by atoms with Gasteiger partial charge >= 0.3 is 0 Å². The van der Waals surface area contributed by atoms with E-state index in [1.807, 2.05) is 18.3 Å². The van der Waals surface area contributed by atoms with Crippen molar-refractivity contribution in [3.63, 3.8) is 0 Å². The predicted molar refractivity (Wildman–Crippen MR) is 101 cm³/mol. The van der Waals surface area contributed by atoms with Crippen molar-refractivity contribution in [2.45, 2.75) is 51.5 Å². The molecular formula is C20H27BrN2O. The van der Waals surface area contributed by atoms with Crippen molar-refractivity contribution in [1.29, 1.82) is 0 Å². The van der Waals surface area contributed by atoms with E-state index in [-0.39, 0.29) is 17.7 Å². The Hall–Kier alpha value is -1.00. The molecule has 0 aliphatic heterocycles. The molecule has 2 saturated carbocycles. The Labute approximate surface area is 153 Å². The zero-order chi connectivity index (χ0) is 17.1. The summed E-state index contributed by atoms with van der Waals surface area (Å²) in [5, 5.41) is 0. The number of Topliss-reactive ketones (excluding diaryl/α,β-unsaturated/α-hetero) is 1. The van der Waals surface area contributed by atoms with Crippen LogP contribution in [0.3, 0.4) is 0 Å². The van der Waals surface area contributed by atoms with E-state index in [2.05, 4.69) is 33.1 Å². The molecule has 24 heavy (non-hydrogen) atoms. The molecule has 4 heteroatoms. The van der Waals surface area contributed by atoms with Gasteiger partial charge in [0.05, 0.1) is 5.69 Å². The van der Waals surface area contributed by atoms with Crippen LogP contribution >= 0.6 is 15.9 Å². The minimum Gasteiger partial charge on any atom is -0.327 e. The first-order valence-corrected chi connectivity index (χ1v) is 9.88. The van der Waals surface area contributed by atoms with Gasteiger partial charge in [-0.25, -0.2) is 0 Å². The Kier molecular flexibility index (Phi) is 5.88. The molecule has 0 unspecified atom stereocenters. The summed E-state index contributed by atoms with van der Waals surface area (Å²) in [6.45, 7) is 1.69. The molecule has 3 rings (SSSR count). The Morgan fingerprint density at radius 2 is 2.17 bits per heavy atom. The molecule has 2 fully saturated rings. The number of fused-ring (bicyclic) bond motifs is 1. The van der Waals surface area contributed by atoms with E-state index in [0.29, 0.717) is 18.3 Å². The van der Waals surface area contributed by atoms with Crippen LogP contribution in [0.5, 0.6) is 0 Å². The highest BCUT2D eigenvalue weighted by Gasteiger charge is 2.43. The summed E-state index contributed by atoms with van der Waals surface area (Å²) in [6, 6.07) is 4.16. The Bertz CT molecular complexity index is 598. The van der Waals surface area contributed by atoms with Crippen LogP contribution in [0.1, 0.15) is 51.1 Å². The Morgan fingerprint density at radius 3 is 2.88 bits per heavy atom. The predicted octanol–water partition coefficient (Wildman–Crippen LogP) is 4.61. The monoisotopic (exact) mass is 390 g/mol. The summed E-state index contributed by atoms with van der Waals surface area (Å²) in [4.78, 5) is 16.2. The van der Waals surface area contributed by atoms with Crippen molar-refractivity contribution in [1.82, 2.24) is 4.98 Å². The van der Waals surface area contributed by atoms with Gasteiger partial charge in [-0.2, -0.15) is 0 Å². The van der Waals surface area contributed by atoms with Crippen molar-refractivity contribution in [3.8, 4) is 0 Å². The first-order chi connectivity index (χ1) is 11.5. The average molecular weight is 391 g/mol. The van der Waals surface area contributed by atoms with E-state index in [1.54, 1.807) is 6.92 Å². The van der Waals surface area contributed by atoms with Gasteiger partial charge in [0.2, 0.25) is 0 Å². The molecular weight excluding hydrogens is 364 g/mol. The number of carbonyl (C=O) groups excluding carboxylic acids is 1. The highest BCUT2D eigenvalue weighted by atomic mass is 79.9. The van der Waals surface area contributed by atoms with Gasteiger partial charge in [-0.05, 0) is 77.6 Å². The normalized spacial score (nSPS) is 33.4. The van der Waals surface area contributed by atoms with E-state index in [1.165, 1.54) is 25.7 Å². The van der Waals surface area contributed by atoms with Gasteiger partial charge in [0.25, 0.3) is 0 Å². The average Bonchev–Trinajstić information content (AvgIpc) is 2.56. The number of hydrogen-bond acceptors (Lipinski definition) is 3. The molecule has 1 aromatic rings. The Morgan fingerprint density at radius 1 is 1.38 bits per heavy atom. The van der Waals surface area contributed by atoms with E-state index in [9.17, 15) is 4.79 Å². The molecule has 0 saturated heterocycles. The van der Waals surface area contributed by atoms with Gasteiger partial charge in [0, 0.05) is 23.1 Å². The zero-order valence-electron chi connectivity index (χ0n) is 14.3. The molecule has 0 bridgehead atoms. The maximum absolute atomic E-state index is 11.8. The molecule has 0 amide bonds. The van der Waals surface area contributed by atoms with Crippen LogP contribution in [0, 0.1) is 23.7 Å². The molecule has 0 spiro atoms. The lowest BCUT2D eigenvalue weighted by Crippen LogP contribution is -2.48. The lowest BCUT2D eigenvalue weighted by molar-refractivity contribution is -0.119. The molecule has 0 radical (unpaired) electrons. The highest BCUT2D eigenvalue weighted by molar-refractivity contribution is 9.10. The van der Waals surface area contributed by atoms with Crippen LogP contribution in [0.2, 0.25) is 0 Å². The third kappa shape index (κ3) is 4.15. The maximum Gasteiger partial charge on any atom is 0.130 e. The van der Waals surface area contributed by atoms with Crippen molar-refractivity contribution >= 4 is 27.8 Å². The summed E-state index contributed by atoms with van der Waals surface area (Å²) in [5.41, 5.74) is 7.47. The summed E-state index contributed by atoms with van der Waals surface area (Å²) < 4.78 is 0.987. The van der Waals surface area contributed by atoms with Crippen LogP contribution in [0.15, 0.2) is 28.9 Å². The minimum absolute atomic E-state index is 0.140. The van der Waals surface area contributed by atoms with Gasteiger partial charge in [-0.1, -0.05) is 25.3 Å². The van der Waals surface area contributed by atoms with Gasteiger partial charge < -0.3 is 10.5 Å².